The molecule has 126 valence electrons. The van der Waals surface area contributed by atoms with Gasteiger partial charge in [-0.25, -0.2) is 0 Å². The second-order valence-corrected chi connectivity index (χ2v) is 5.42. The van der Waals surface area contributed by atoms with E-state index in [2.05, 4.69) is 5.32 Å². The number of hydrogen-bond donors (Lipinski definition) is 2. The number of carboxylic acid groups (broad SMARTS) is 1. The monoisotopic (exact) mass is 327 g/mol. The number of carbonyl (C=O) groups is 2. The smallest absolute Gasteiger partial charge is 0.305 e. The average molecular weight is 327 g/mol. The Balaban J connectivity index is 2.00. The second kappa shape index (κ2) is 8.72. The zero-order valence-electron chi connectivity index (χ0n) is 13.6. The van der Waals surface area contributed by atoms with Crippen LogP contribution in [0.2, 0.25) is 0 Å². The second-order valence-electron chi connectivity index (χ2n) is 5.42. The Labute approximate surface area is 141 Å². The molecule has 5 heteroatoms. The minimum atomic E-state index is -0.933. The number of hydrogen-bond acceptors (Lipinski definition) is 3. The van der Waals surface area contributed by atoms with Gasteiger partial charge in [-0.05, 0) is 18.1 Å². The summed E-state index contributed by atoms with van der Waals surface area (Å²) in [6, 6.07) is 16.9. The predicted molar refractivity (Wildman–Crippen MR) is 91.8 cm³/mol. The normalized spacial score (nSPS) is 11.5. The fraction of sp³-hybridized carbons (Fsp3) is 0.263. The van der Waals surface area contributed by atoms with Crippen molar-refractivity contribution in [3.8, 4) is 16.9 Å². The van der Waals surface area contributed by atoms with Gasteiger partial charge in [0.25, 0.3) is 5.91 Å². The zero-order valence-corrected chi connectivity index (χ0v) is 13.6. The molecule has 1 amide bonds. The van der Waals surface area contributed by atoms with Gasteiger partial charge in [-0.2, -0.15) is 0 Å². The van der Waals surface area contributed by atoms with Crippen molar-refractivity contribution >= 4 is 11.9 Å². The van der Waals surface area contributed by atoms with Crippen molar-refractivity contribution in [3.05, 3.63) is 54.6 Å². The maximum Gasteiger partial charge on any atom is 0.305 e. The first-order valence-corrected chi connectivity index (χ1v) is 7.88. The summed E-state index contributed by atoms with van der Waals surface area (Å²) in [5.41, 5.74) is 1.91. The van der Waals surface area contributed by atoms with Gasteiger partial charge in [0.15, 0.2) is 6.61 Å². The van der Waals surface area contributed by atoms with Crippen LogP contribution in [0.25, 0.3) is 11.1 Å². The molecule has 0 aliphatic carbocycles. The molecule has 0 spiro atoms. The lowest BCUT2D eigenvalue weighted by molar-refractivity contribution is -0.137. The minimum Gasteiger partial charge on any atom is -0.483 e. The first-order valence-electron chi connectivity index (χ1n) is 7.88. The molecule has 0 saturated carbocycles. The third-order valence-corrected chi connectivity index (χ3v) is 3.61. The number of aliphatic carboxylic acids is 1. The van der Waals surface area contributed by atoms with Crippen LogP contribution in [0.1, 0.15) is 19.8 Å². The summed E-state index contributed by atoms with van der Waals surface area (Å²) < 4.78 is 5.64. The molecule has 0 bridgehead atoms. The molecule has 2 rings (SSSR count). The maximum absolute atomic E-state index is 12.0. The molecule has 2 N–H and O–H groups in total. The first-order chi connectivity index (χ1) is 11.6. The number of carbonyl (C=O) groups excluding carboxylic acids is 1. The van der Waals surface area contributed by atoms with Gasteiger partial charge in [0.2, 0.25) is 0 Å². The summed E-state index contributed by atoms with van der Waals surface area (Å²) in [6.07, 6.45) is 0.460. The van der Waals surface area contributed by atoms with Crippen LogP contribution in [0.5, 0.6) is 5.75 Å². The van der Waals surface area contributed by atoms with Crippen molar-refractivity contribution in [2.75, 3.05) is 6.61 Å². The quantitative estimate of drug-likeness (QED) is 0.781. The van der Waals surface area contributed by atoms with Crippen LogP contribution in [-0.4, -0.2) is 29.6 Å². The maximum atomic E-state index is 12.0. The van der Waals surface area contributed by atoms with E-state index in [0.717, 1.165) is 11.1 Å². The van der Waals surface area contributed by atoms with E-state index in [1.165, 1.54) is 0 Å². The van der Waals surface area contributed by atoms with E-state index in [1.807, 2.05) is 61.5 Å². The van der Waals surface area contributed by atoms with Crippen molar-refractivity contribution in [2.24, 2.45) is 0 Å². The highest BCUT2D eigenvalue weighted by Crippen LogP contribution is 2.29. The fourth-order valence-corrected chi connectivity index (χ4v) is 2.37. The van der Waals surface area contributed by atoms with E-state index in [4.69, 9.17) is 9.84 Å². The summed E-state index contributed by atoms with van der Waals surface area (Å²) in [4.78, 5) is 22.7. The van der Waals surface area contributed by atoms with Crippen molar-refractivity contribution in [1.29, 1.82) is 0 Å². The summed E-state index contributed by atoms with van der Waals surface area (Å²) in [5, 5.41) is 11.5. The highest BCUT2D eigenvalue weighted by atomic mass is 16.5. The van der Waals surface area contributed by atoms with E-state index < -0.39 is 5.97 Å². The lowest BCUT2D eigenvalue weighted by atomic mass is 10.1. The van der Waals surface area contributed by atoms with Gasteiger partial charge >= 0.3 is 5.97 Å². The number of ether oxygens (including phenoxy) is 1. The Bertz CT molecular complexity index is 685. The van der Waals surface area contributed by atoms with E-state index in [9.17, 15) is 9.59 Å². The number of rotatable bonds is 8. The van der Waals surface area contributed by atoms with Crippen LogP contribution < -0.4 is 10.1 Å². The molecule has 0 fully saturated rings. The molecule has 1 unspecified atom stereocenters. The largest absolute Gasteiger partial charge is 0.483 e. The standard InChI is InChI=1S/C19H21NO4/c1-2-15(12-19(22)23)20-18(21)13-24-17-11-7-6-10-16(17)14-8-4-3-5-9-14/h3-11,15H,2,12-13H2,1H3,(H,20,21)(H,22,23). The van der Waals surface area contributed by atoms with Crippen LogP contribution in [0.15, 0.2) is 54.6 Å². The molecule has 0 radical (unpaired) electrons. The molecular weight excluding hydrogens is 306 g/mol. The van der Waals surface area contributed by atoms with Crippen LogP contribution >= 0.6 is 0 Å². The number of benzene rings is 2. The van der Waals surface area contributed by atoms with Crippen LogP contribution in [-0.2, 0) is 9.59 Å². The van der Waals surface area contributed by atoms with Crippen molar-refractivity contribution < 1.29 is 19.4 Å². The van der Waals surface area contributed by atoms with E-state index in [0.29, 0.717) is 12.2 Å². The zero-order chi connectivity index (χ0) is 17.4. The molecule has 0 aliphatic rings. The summed E-state index contributed by atoms with van der Waals surface area (Å²) >= 11 is 0. The molecule has 2 aromatic carbocycles. The SMILES string of the molecule is CCC(CC(=O)O)NC(=O)COc1ccccc1-c1ccccc1. The topological polar surface area (TPSA) is 75.6 Å². The lowest BCUT2D eigenvalue weighted by Gasteiger charge is -2.16. The van der Waals surface area contributed by atoms with Crippen LogP contribution in [0.3, 0.4) is 0 Å². The fourth-order valence-electron chi connectivity index (χ4n) is 2.37. The van der Waals surface area contributed by atoms with Crippen LogP contribution in [0, 0.1) is 0 Å². The molecule has 24 heavy (non-hydrogen) atoms. The number of carboxylic acids is 1. The molecule has 0 heterocycles. The Morgan fingerprint density at radius 3 is 2.42 bits per heavy atom. The average Bonchev–Trinajstić information content (AvgIpc) is 2.60. The Morgan fingerprint density at radius 2 is 1.75 bits per heavy atom. The van der Waals surface area contributed by atoms with Gasteiger partial charge in [0, 0.05) is 11.6 Å². The van der Waals surface area contributed by atoms with E-state index in [1.54, 1.807) is 0 Å². The van der Waals surface area contributed by atoms with E-state index in [-0.39, 0.29) is 25.0 Å². The number of nitrogens with one attached hydrogen (secondary N) is 1. The first kappa shape index (κ1) is 17.5. The Hall–Kier alpha value is -2.82. The highest BCUT2D eigenvalue weighted by Gasteiger charge is 2.15. The molecule has 5 nitrogen and oxygen atoms in total. The van der Waals surface area contributed by atoms with E-state index >= 15 is 0 Å². The van der Waals surface area contributed by atoms with Crippen molar-refractivity contribution in [3.63, 3.8) is 0 Å². The molecule has 0 aromatic heterocycles. The van der Waals surface area contributed by atoms with Gasteiger partial charge in [-0.3, -0.25) is 9.59 Å². The predicted octanol–water partition coefficient (Wildman–Crippen LogP) is 3.10. The number of amides is 1. The van der Waals surface area contributed by atoms with Gasteiger partial charge in [0.05, 0.1) is 6.42 Å². The third-order valence-electron chi connectivity index (χ3n) is 3.61. The molecule has 0 saturated heterocycles. The highest BCUT2D eigenvalue weighted by molar-refractivity contribution is 5.79. The Morgan fingerprint density at radius 1 is 1.08 bits per heavy atom. The van der Waals surface area contributed by atoms with Gasteiger partial charge in [-0.15, -0.1) is 0 Å². The third kappa shape index (κ3) is 5.12. The minimum absolute atomic E-state index is 0.0944. The van der Waals surface area contributed by atoms with Crippen molar-refractivity contribution in [1.82, 2.24) is 5.32 Å². The molecule has 2 aromatic rings. The van der Waals surface area contributed by atoms with Crippen molar-refractivity contribution in [2.45, 2.75) is 25.8 Å². The Kier molecular flexibility index (Phi) is 6.37. The molecular formula is C19H21NO4. The lowest BCUT2D eigenvalue weighted by Crippen LogP contribution is -2.38. The molecule has 0 aliphatic heterocycles. The van der Waals surface area contributed by atoms with Crippen LogP contribution in [0.4, 0.5) is 0 Å². The molecule has 1 atom stereocenters. The summed E-state index contributed by atoms with van der Waals surface area (Å²) in [7, 11) is 0. The van der Waals surface area contributed by atoms with Gasteiger partial charge in [0.1, 0.15) is 5.75 Å². The summed E-state index contributed by atoms with van der Waals surface area (Å²) in [5.74, 6) is -0.645. The summed E-state index contributed by atoms with van der Waals surface area (Å²) in [6.45, 7) is 1.68. The van der Waals surface area contributed by atoms with Gasteiger partial charge in [-0.1, -0.05) is 55.5 Å². The number of para-hydroxylation sites is 1. The van der Waals surface area contributed by atoms with Gasteiger partial charge < -0.3 is 15.2 Å².